The summed E-state index contributed by atoms with van der Waals surface area (Å²) in [6, 6.07) is 0. The molecular weight excluding hydrogens is 124 g/mol. The Morgan fingerprint density at radius 3 is 2.30 bits per heavy atom. The first-order valence-corrected chi connectivity index (χ1v) is 3.88. The van der Waals surface area contributed by atoms with Crippen LogP contribution in [-0.4, -0.2) is 25.0 Å². The van der Waals surface area contributed by atoms with Crippen LogP contribution in [0.2, 0.25) is 0 Å². The molecule has 0 unspecified atom stereocenters. The van der Waals surface area contributed by atoms with Gasteiger partial charge in [-0.25, -0.2) is 0 Å². The fourth-order valence-corrected chi connectivity index (χ4v) is 0.644. The van der Waals surface area contributed by atoms with Gasteiger partial charge in [-0.15, -0.1) is 0 Å². The van der Waals surface area contributed by atoms with Gasteiger partial charge in [0, 0.05) is 19.3 Å². The molecule has 0 aromatic rings. The van der Waals surface area contributed by atoms with Gasteiger partial charge in [0.05, 0.1) is 5.71 Å². The smallest absolute Gasteiger partial charge is 0.0523 e. The third-order valence-corrected chi connectivity index (χ3v) is 1.15. The molecular formula is C8H16N2. The lowest BCUT2D eigenvalue weighted by Crippen LogP contribution is -1.98. The summed E-state index contributed by atoms with van der Waals surface area (Å²) in [5.41, 5.74) is 1.10. The van der Waals surface area contributed by atoms with E-state index >= 15 is 0 Å². The van der Waals surface area contributed by atoms with Crippen molar-refractivity contribution >= 4 is 11.9 Å². The highest BCUT2D eigenvalue weighted by atomic mass is 14.8. The van der Waals surface area contributed by atoms with E-state index in [2.05, 4.69) is 16.9 Å². The highest BCUT2D eigenvalue weighted by Gasteiger charge is 1.86. The van der Waals surface area contributed by atoms with Gasteiger partial charge in [-0.3, -0.25) is 9.98 Å². The Morgan fingerprint density at radius 2 is 1.90 bits per heavy atom. The molecule has 0 radical (unpaired) electrons. The van der Waals surface area contributed by atoms with Crippen LogP contribution in [0, 0.1) is 0 Å². The van der Waals surface area contributed by atoms with Gasteiger partial charge in [-0.1, -0.05) is 6.92 Å². The van der Waals surface area contributed by atoms with E-state index in [-0.39, 0.29) is 0 Å². The molecule has 0 aliphatic rings. The minimum Gasteiger partial charge on any atom is -0.292 e. The van der Waals surface area contributed by atoms with Crippen molar-refractivity contribution in [2.24, 2.45) is 9.98 Å². The summed E-state index contributed by atoms with van der Waals surface area (Å²) in [5, 5.41) is 0. The van der Waals surface area contributed by atoms with Gasteiger partial charge in [-0.2, -0.15) is 0 Å². The maximum Gasteiger partial charge on any atom is 0.0523 e. The second-order valence-electron chi connectivity index (χ2n) is 1.95. The van der Waals surface area contributed by atoms with Crippen molar-refractivity contribution in [2.75, 3.05) is 13.1 Å². The zero-order valence-electron chi connectivity index (χ0n) is 7.09. The molecule has 0 N–H and O–H groups in total. The molecule has 10 heavy (non-hydrogen) atoms. The van der Waals surface area contributed by atoms with Crippen LogP contribution in [0.25, 0.3) is 0 Å². The maximum atomic E-state index is 4.25. The molecule has 0 aromatic heterocycles. The van der Waals surface area contributed by atoms with Crippen molar-refractivity contribution < 1.29 is 0 Å². The Hall–Kier alpha value is -0.660. The third kappa shape index (κ3) is 4.24. The molecule has 0 aliphatic heterocycles. The lowest BCUT2D eigenvalue weighted by atomic mass is 10.3. The SMILES string of the molecule is CC/N=C/C(CC)=N/CC. The summed E-state index contributed by atoms with van der Waals surface area (Å²) < 4.78 is 0. The summed E-state index contributed by atoms with van der Waals surface area (Å²) in [5.74, 6) is 0. The predicted molar refractivity (Wildman–Crippen MR) is 47.3 cm³/mol. The number of hydrogen-bond donors (Lipinski definition) is 0. The Labute approximate surface area is 63.1 Å². The Kier molecular flexibility index (Phi) is 6.03. The minimum atomic E-state index is 0.850. The van der Waals surface area contributed by atoms with Crippen LogP contribution >= 0.6 is 0 Å². The van der Waals surface area contributed by atoms with Crippen LogP contribution in [-0.2, 0) is 0 Å². The normalized spacial score (nSPS) is 12.9. The van der Waals surface area contributed by atoms with Crippen LogP contribution in [0.3, 0.4) is 0 Å². The highest BCUT2D eigenvalue weighted by Crippen LogP contribution is 1.83. The van der Waals surface area contributed by atoms with E-state index < -0.39 is 0 Å². The van der Waals surface area contributed by atoms with Crippen LogP contribution in [0.1, 0.15) is 27.2 Å². The van der Waals surface area contributed by atoms with E-state index in [1.165, 1.54) is 0 Å². The van der Waals surface area contributed by atoms with E-state index in [0.717, 1.165) is 25.2 Å². The molecule has 0 fully saturated rings. The first-order valence-electron chi connectivity index (χ1n) is 3.88. The molecule has 0 bridgehead atoms. The van der Waals surface area contributed by atoms with Crippen LogP contribution < -0.4 is 0 Å². The van der Waals surface area contributed by atoms with Gasteiger partial charge in [0.2, 0.25) is 0 Å². The van der Waals surface area contributed by atoms with Crippen LogP contribution in [0.15, 0.2) is 9.98 Å². The molecule has 0 amide bonds. The van der Waals surface area contributed by atoms with Gasteiger partial charge in [-0.05, 0) is 20.3 Å². The van der Waals surface area contributed by atoms with Crippen molar-refractivity contribution in [1.29, 1.82) is 0 Å². The topological polar surface area (TPSA) is 24.7 Å². The van der Waals surface area contributed by atoms with Crippen molar-refractivity contribution in [3.05, 3.63) is 0 Å². The Morgan fingerprint density at radius 1 is 1.20 bits per heavy atom. The molecule has 0 saturated carbocycles. The quantitative estimate of drug-likeness (QED) is 0.533. The summed E-state index contributed by atoms with van der Waals surface area (Å²) in [6.45, 7) is 7.86. The van der Waals surface area contributed by atoms with Crippen LogP contribution in [0.5, 0.6) is 0 Å². The fraction of sp³-hybridized carbons (Fsp3) is 0.750. The largest absolute Gasteiger partial charge is 0.292 e. The number of aliphatic imine (C=N–C) groups is 2. The van der Waals surface area contributed by atoms with Gasteiger partial charge in [0.1, 0.15) is 0 Å². The highest BCUT2D eigenvalue weighted by molar-refractivity contribution is 6.30. The third-order valence-electron chi connectivity index (χ3n) is 1.15. The lowest BCUT2D eigenvalue weighted by Gasteiger charge is -1.92. The lowest BCUT2D eigenvalue weighted by molar-refractivity contribution is 1.10. The molecule has 0 heterocycles. The fourth-order valence-electron chi connectivity index (χ4n) is 0.644. The summed E-state index contributed by atoms with van der Waals surface area (Å²) in [4.78, 5) is 8.35. The van der Waals surface area contributed by atoms with E-state index in [4.69, 9.17) is 0 Å². The van der Waals surface area contributed by atoms with Crippen molar-refractivity contribution in [1.82, 2.24) is 0 Å². The summed E-state index contributed by atoms with van der Waals surface area (Å²) in [6.07, 6.45) is 2.85. The second-order valence-corrected chi connectivity index (χ2v) is 1.95. The summed E-state index contributed by atoms with van der Waals surface area (Å²) >= 11 is 0. The van der Waals surface area contributed by atoms with Crippen molar-refractivity contribution in [2.45, 2.75) is 27.2 Å². The molecule has 2 nitrogen and oxygen atoms in total. The van der Waals surface area contributed by atoms with Gasteiger partial charge in [0.25, 0.3) is 0 Å². The average molecular weight is 140 g/mol. The molecule has 2 heteroatoms. The zero-order chi connectivity index (χ0) is 7.82. The Balaban J connectivity index is 3.82. The molecule has 0 spiro atoms. The molecule has 0 atom stereocenters. The molecule has 58 valence electrons. The van der Waals surface area contributed by atoms with Gasteiger partial charge in [0.15, 0.2) is 0 Å². The predicted octanol–water partition coefficient (Wildman–Crippen LogP) is 1.95. The van der Waals surface area contributed by atoms with E-state index in [1.54, 1.807) is 0 Å². The van der Waals surface area contributed by atoms with Crippen molar-refractivity contribution in [3.8, 4) is 0 Å². The monoisotopic (exact) mass is 140 g/mol. The molecule has 0 rings (SSSR count). The van der Waals surface area contributed by atoms with E-state index in [9.17, 15) is 0 Å². The molecule has 0 aromatic carbocycles. The number of nitrogens with zero attached hydrogens (tertiary/aromatic N) is 2. The first-order chi connectivity index (χ1) is 4.85. The van der Waals surface area contributed by atoms with Gasteiger partial charge >= 0.3 is 0 Å². The van der Waals surface area contributed by atoms with Crippen LogP contribution in [0.4, 0.5) is 0 Å². The summed E-state index contributed by atoms with van der Waals surface area (Å²) in [7, 11) is 0. The minimum absolute atomic E-state index is 0.850. The zero-order valence-corrected chi connectivity index (χ0v) is 7.09. The molecule has 0 saturated heterocycles. The Bertz CT molecular complexity index is 125. The first kappa shape index (κ1) is 9.34. The maximum absolute atomic E-state index is 4.25. The standard InChI is InChI=1S/C8H16N2/c1-4-8(10-6-3)7-9-5-2/h7H,4-6H2,1-3H3/b9-7+,10-8+. The van der Waals surface area contributed by atoms with E-state index in [0.29, 0.717) is 0 Å². The average Bonchev–Trinajstić information content (AvgIpc) is 1.98. The van der Waals surface area contributed by atoms with Crippen molar-refractivity contribution in [3.63, 3.8) is 0 Å². The molecule has 0 aliphatic carbocycles. The van der Waals surface area contributed by atoms with Gasteiger partial charge < -0.3 is 0 Å². The number of hydrogen-bond acceptors (Lipinski definition) is 2. The van der Waals surface area contributed by atoms with E-state index in [1.807, 2.05) is 20.1 Å². The second kappa shape index (κ2) is 6.46. The number of rotatable bonds is 4.